The van der Waals surface area contributed by atoms with E-state index in [1.54, 1.807) is 0 Å². The number of halogens is 2. The van der Waals surface area contributed by atoms with Gasteiger partial charge in [0.1, 0.15) is 18.1 Å². The molecule has 1 heterocycles. The van der Waals surface area contributed by atoms with Crippen LogP contribution in [0.4, 0.5) is 0 Å². The largest absolute Gasteiger partial charge is 0.490 e. The van der Waals surface area contributed by atoms with E-state index in [1.165, 1.54) is 0 Å². The van der Waals surface area contributed by atoms with E-state index in [0.717, 1.165) is 19.2 Å². The number of carbonyl (C=O) groups excluding carboxylic acids is 2. The Bertz CT molecular complexity index is 1350. The summed E-state index contributed by atoms with van der Waals surface area (Å²) < 4.78 is 20.7. The van der Waals surface area contributed by atoms with Gasteiger partial charge < -0.3 is 14.2 Å². The van der Waals surface area contributed by atoms with Gasteiger partial charge in [-0.1, -0.05) is 55.8 Å². The minimum atomic E-state index is -0.468. The molecule has 0 fully saturated rings. The van der Waals surface area contributed by atoms with Crippen molar-refractivity contribution in [1.29, 1.82) is 0 Å². The fourth-order valence-electron chi connectivity index (χ4n) is 5.90. The first-order chi connectivity index (χ1) is 18.4. The maximum absolute atomic E-state index is 13.6. The molecular formula is C32H34BrIO5. The van der Waals surface area contributed by atoms with Crippen LogP contribution in [0.15, 0.2) is 63.5 Å². The maximum atomic E-state index is 13.6. The predicted octanol–water partition coefficient (Wildman–Crippen LogP) is 8.43. The molecule has 5 rings (SSSR count). The van der Waals surface area contributed by atoms with Gasteiger partial charge in [-0.25, -0.2) is 0 Å². The average molecular weight is 705 g/mol. The maximum Gasteiger partial charge on any atom is 0.174 e. The molecule has 0 saturated heterocycles. The van der Waals surface area contributed by atoms with Crippen LogP contribution < -0.4 is 9.47 Å². The third-order valence-electron chi connectivity index (χ3n) is 7.54. The lowest BCUT2D eigenvalue weighted by Crippen LogP contribution is -2.37. The molecule has 7 heteroatoms. The standard InChI is InChI=1S/C32H34BrIO5/c1-6-37-24-12-19(11-21(34)30(24)38-17-18-7-9-20(33)10-8-18)27-28-22(35)13-31(2,3)15-25(28)39-26-16-32(4,5)14-23(36)29(26)27/h7-12,27H,6,13-17H2,1-5H3. The van der Waals surface area contributed by atoms with Crippen LogP contribution in [0.3, 0.4) is 0 Å². The van der Waals surface area contributed by atoms with Crippen LogP contribution in [-0.4, -0.2) is 18.2 Å². The highest BCUT2D eigenvalue weighted by molar-refractivity contribution is 14.1. The van der Waals surface area contributed by atoms with Gasteiger partial charge in [0.05, 0.1) is 10.2 Å². The first-order valence-corrected chi connectivity index (χ1v) is 15.3. The number of ketones is 2. The summed E-state index contributed by atoms with van der Waals surface area (Å²) in [5.41, 5.74) is 2.78. The van der Waals surface area contributed by atoms with Crippen molar-refractivity contribution in [3.63, 3.8) is 0 Å². The molecule has 39 heavy (non-hydrogen) atoms. The molecule has 0 radical (unpaired) electrons. The van der Waals surface area contributed by atoms with E-state index in [0.29, 0.717) is 73.1 Å². The molecule has 0 atom stereocenters. The predicted molar refractivity (Wildman–Crippen MR) is 163 cm³/mol. The van der Waals surface area contributed by atoms with Crippen molar-refractivity contribution in [2.75, 3.05) is 6.61 Å². The molecule has 0 aromatic heterocycles. The molecule has 0 bridgehead atoms. The van der Waals surface area contributed by atoms with Gasteiger partial charge in [0.15, 0.2) is 23.1 Å². The summed E-state index contributed by atoms with van der Waals surface area (Å²) in [4.78, 5) is 27.3. The third-order valence-corrected chi connectivity index (χ3v) is 8.87. The molecule has 0 amide bonds. The molecular weight excluding hydrogens is 671 g/mol. The minimum absolute atomic E-state index is 0.0546. The second-order valence-electron chi connectivity index (χ2n) is 12.3. The first kappa shape index (κ1) is 28.4. The van der Waals surface area contributed by atoms with E-state index in [-0.39, 0.29) is 22.4 Å². The smallest absolute Gasteiger partial charge is 0.174 e. The van der Waals surface area contributed by atoms with E-state index in [2.05, 4.69) is 66.2 Å². The number of Topliss-reactive ketones (excluding diaryl/α,β-unsaturated/α-hetero) is 2. The van der Waals surface area contributed by atoms with Crippen molar-refractivity contribution < 1.29 is 23.8 Å². The zero-order chi connectivity index (χ0) is 28.1. The normalized spacial score (nSPS) is 20.4. The number of carbonyl (C=O) groups is 2. The van der Waals surface area contributed by atoms with Crippen molar-refractivity contribution in [3.05, 3.63) is 78.2 Å². The molecule has 2 aliphatic carbocycles. The summed E-state index contributed by atoms with van der Waals surface area (Å²) in [6, 6.07) is 12.0. The Labute approximate surface area is 252 Å². The zero-order valence-corrected chi connectivity index (χ0v) is 26.8. The topological polar surface area (TPSA) is 61.8 Å². The van der Waals surface area contributed by atoms with Gasteiger partial charge in [0, 0.05) is 47.2 Å². The quantitative estimate of drug-likeness (QED) is 0.283. The second-order valence-corrected chi connectivity index (χ2v) is 14.3. The van der Waals surface area contributed by atoms with Crippen molar-refractivity contribution in [2.45, 2.75) is 72.8 Å². The monoisotopic (exact) mass is 704 g/mol. The highest BCUT2D eigenvalue weighted by atomic mass is 127. The van der Waals surface area contributed by atoms with E-state index in [4.69, 9.17) is 14.2 Å². The first-order valence-electron chi connectivity index (χ1n) is 13.4. The summed E-state index contributed by atoms with van der Waals surface area (Å²) in [6.45, 7) is 11.2. The number of benzene rings is 2. The molecule has 3 aliphatic rings. The van der Waals surface area contributed by atoms with Crippen molar-refractivity contribution >= 4 is 50.1 Å². The zero-order valence-electron chi connectivity index (χ0n) is 23.1. The van der Waals surface area contributed by atoms with Crippen molar-refractivity contribution in [3.8, 4) is 11.5 Å². The van der Waals surface area contributed by atoms with E-state index < -0.39 is 5.92 Å². The molecule has 0 saturated carbocycles. The van der Waals surface area contributed by atoms with Crippen molar-refractivity contribution in [2.24, 2.45) is 10.8 Å². The lowest BCUT2D eigenvalue weighted by Gasteiger charge is -2.42. The number of allylic oxidation sites excluding steroid dienone is 4. The number of hydrogen-bond donors (Lipinski definition) is 0. The Morgan fingerprint density at radius 2 is 1.46 bits per heavy atom. The second kappa shape index (κ2) is 10.7. The summed E-state index contributed by atoms with van der Waals surface area (Å²) in [6.07, 6.45) is 2.19. The van der Waals surface area contributed by atoms with E-state index in [9.17, 15) is 9.59 Å². The SMILES string of the molecule is CCOc1cc(C2C3=C(CC(C)(C)CC3=O)OC3=C2C(=O)CC(C)(C)C3)cc(I)c1OCc1ccc(Br)cc1. The Balaban J connectivity index is 1.60. The Hall–Kier alpha value is -2.13. The van der Waals surface area contributed by atoms with Crippen LogP contribution in [0.1, 0.15) is 77.3 Å². The van der Waals surface area contributed by atoms with Crippen LogP contribution in [-0.2, 0) is 20.9 Å². The van der Waals surface area contributed by atoms with Crippen LogP contribution in [0.5, 0.6) is 11.5 Å². The van der Waals surface area contributed by atoms with Gasteiger partial charge in [-0.15, -0.1) is 0 Å². The Morgan fingerprint density at radius 3 is 2.00 bits per heavy atom. The molecule has 0 spiro atoms. The van der Waals surface area contributed by atoms with E-state index >= 15 is 0 Å². The van der Waals surface area contributed by atoms with Gasteiger partial charge >= 0.3 is 0 Å². The molecule has 2 aromatic carbocycles. The molecule has 2 aromatic rings. The third kappa shape index (κ3) is 5.85. The Morgan fingerprint density at radius 1 is 0.897 bits per heavy atom. The van der Waals surface area contributed by atoms with Gasteiger partial charge in [0.2, 0.25) is 0 Å². The average Bonchev–Trinajstić information content (AvgIpc) is 2.81. The Kier molecular flexibility index (Phi) is 7.79. The van der Waals surface area contributed by atoms with Crippen molar-refractivity contribution in [1.82, 2.24) is 0 Å². The molecule has 0 N–H and O–H groups in total. The van der Waals surface area contributed by atoms with Crippen LogP contribution in [0.25, 0.3) is 0 Å². The lowest BCUT2D eigenvalue weighted by molar-refractivity contribution is -0.120. The van der Waals surface area contributed by atoms with Crippen LogP contribution >= 0.6 is 38.5 Å². The van der Waals surface area contributed by atoms with Crippen LogP contribution in [0, 0.1) is 14.4 Å². The van der Waals surface area contributed by atoms with Gasteiger partial charge in [0.25, 0.3) is 0 Å². The summed E-state index contributed by atoms with van der Waals surface area (Å²) >= 11 is 5.74. The summed E-state index contributed by atoms with van der Waals surface area (Å²) in [5, 5.41) is 0. The highest BCUT2D eigenvalue weighted by Crippen LogP contribution is 2.54. The van der Waals surface area contributed by atoms with E-state index in [1.807, 2.05) is 43.3 Å². The fourth-order valence-corrected chi connectivity index (χ4v) is 6.95. The van der Waals surface area contributed by atoms with Gasteiger partial charge in [-0.05, 0) is 75.7 Å². The lowest BCUT2D eigenvalue weighted by atomic mass is 9.65. The number of hydrogen-bond acceptors (Lipinski definition) is 5. The summed E-state index contributed by atoms with van der Waals surface area (Å²) in [7, 11) is 0. The highest BCUT2D eigenvalue weighted by Gasteiger charge is 2.48. The van der Waals surface area contributed by atoms with Gasteiger partial charge in [-0.3, -0.25) is 9.59 Å². The molecule has 206 valence electrons. The number of rotatable bonds is 6. The summed E-state index contributed by atoms with van der Waals surface area (Å²) in [5.74, 6) is 2.34. The number of ether oxygens (including phenoxy) is 3. The molecule has 5 nitrogen and oxygen atoms in total. The fraction of sp³-hybridized carbons (Fsp3) is 0.438. The van der Waals surface area contributed by atoms with Gasteiger partial charge in [-0.2, -0.15) is 0 Å². The minimum Gasteiger partial charge on any atom is -0.490 e. The molecule has 1 aliphatic heterocycles. The van der Waals surface area contributed by atoms with Crippen LogP contribution in [0.2, 0.25) is 0 Å². The molecule has 0 unspecified atom stereocenters.